The maximum absolute atomic E-state index is 14.1. The number of ether oxygens (including phenoxy) is 1. The quantitative estimate of drug-likeness (QED) is 0.619. The molecule has 1 N–H and O–H groups in total. The van der Waals surface area contributed by atoms with Gasteiger partial charge in [0.05, 0.1) is 12.8 Å². The number of carbonyl (C=O) groups excluding carboxylic acids is 2. The molecule has 0 spiro atoms. The fourth-order valence-electron chi connectivity index (χ4n) is 3.88. The zero-order chi connectivity index (χ0) is 21.1. The van der Waals surface area contributed by atoms with E-state index in [1.54, 1.807) is 12.1 Å². The minimum absolute atomic E-state index is 0.251. The smallest absolute Gasteiger partial charge is 0.320 e. The number of nitrogens with one attached hydrogen (secondary N) is 1. The second-order valence-corrected chi connectivity index (χ2v) is 7.22. The number of piperazine rings is 1. The van der Waals surface area contributed by atoms with Crippen LogP contribution < -0.4 is 10.2 Å². The van der Waals surface area contributed by atoms with Gasteiger partial charge in [0.2, 0.25) is 11.9 Å². The lowest BCUT2D eigenvalue weighted by Crippen LogP contribution is -2.57. The molecule has 1 amide bonds. The summed E-state index contributed by atoms with van der Waals surface area (Å²) in [5.41, 5.74) is 1.34. The van der Waals surface area contributed by atoms with Crippen molar-refractivity contribution < 1.29 is 18.7 Å². The van der Waals surface area contributed by atoms with Crippen LogP contribution in [-0.2, 0) is 14.3 Å². The number of guanidine groups is 1. The molecule has 4 rings (SSSR count). The van der Waals surface area contributed by atoms with E-state index in [4.69, 9.17) is 9.73 Å². The number of hydrogen-bond acceptors (Lipinski definition) is 6. The normalized spacial score (nSPS) is 21.7. The third-order valence-corrected chi connectivity index (χ3v) is 5.46. The van der Waals surface area contributed by atoms with Gasteiger partial charge in [0.15, 0.2) is 5.92 Å². The zero-order valence-electron chi connectivity index (χ0n) is 16.6. The van der Waals surface area contributed by atoms with Crippen LogP contribution in [0.15, 0.2) is 59.6 Å². The number of esters is 1. The van der Waals surface area contributed by atoms with Crippen LogP contribution in [0.3, 0.4) is 0 Å². The lowest BCUT2D eigenvalue weighted by Gasteiger charge is -2.39. The number of carbonyl (C=O) groups is 2. The van der Waals surface area contributed by atoms with E-state index in [1.807, 2.05) is 46.2 Å². The van der Waals surface area contributed by atoms with Gasteiger partial charge < -0.3 is 14.5 Å². The number of aliphatic imine (C=N–C) groups is 1. The fourth-order valence-corrected chi connectivity index (χ4v) is 3.88. The van der Waals surface area contributed by atoms with Crippen LogP contribution in [0.4, 0.5) is 10.1 Å². The van der Waals surface area contributed by atoms with Crippen LogP contribution in [0.2, 0.25) is 0 Å². The molecule has 156 valence electrons. The molecule has 2 aliphatic rings. The van der Waals surface area contributed by atoms with Crippen LogP contribution in [-0.4, -0.2) is 56.0 Å². The Balaban J connectivity index is 1.55. The van der Waals surface area contributed by atoms with Crippen molar-refractivity contribution in [3.63, 3.8) is 0 Å². The number of rotatable bonds is 3. The summed E-state index contributed by atoms with van der Waals surface area (Å²) in [6.45, 7) is 2.31. The number of benzene rings is 2. The predicted octanol–water partition coefficient (Wildman–Crippen LogP) is 1.96. The lowest BCUT2D eigenvalue weighted by molar-refractivity contribution is -0.151. The average Bonchev–Trinajstić information content (AvgIpc) is 2.79. The van der Waals surface area contributed by atoms with E-state index in [0.717, 1.165) is 5.56 Å². The van der Waals surface area contributed by atoms with Crippen molar-refractivity contribution in [2.45, 2.75) is 6.04 Å². The van der Waals surface area contributed by atoms with Crippen molar-refractivity contribution in [1.82, 2.24) is 10.2 Å². The summed E-state index contributed by atoms with van der Waals surface area (Å²) >= 11 is 0. The Labute approximate surface area is 174 Å². The fraction of sp³-hybridized carbons (Fsp3) is 0.318. The second-order valence-electron chi connectivity index (χ2n) is 7.22. The number of methoxy groups -OCH3 is 1. The van der Waals surface area contributed by atoms with E-state index in [-0.39, 0.29) is 5.82 Å². The maximum Gasteiger partial charge on any atom is 0.320 e. The van der Waals surface area contributed by atoms with Crippen molar-refractivity contribution in [3.8, 4) is 0 Å². The Morgan fingerprint density at radius 2 is 1.67 bits per heavy atom. The lowest BCUT2D eigenvalue weighted by atomic mass is 9.91. The van der Waals surface area contributed by atoms with Crippen LogP contribution in [0, 0.1) is 11.7 Å². The van der Waals surface area contributed by atoms with Gasteiger partial charge >= 0.3 is 5.97 Å². The molecule has 2 heterocycles. The molecule has 1 fully saturated rings. The van der Waals surface area contributed by atoms with E-state index in [9.17, 15) is 14.0 Å². The summed E-state index contributed by atoms with van der Waals surface area (Å²) < 4.78 is 18.9. The topological polar surface area (TPSA) is 74.2 Å². The Morgan fingerprint density at radius 3 is 2.33 bits per heavy atom. The van der Waals surface area contributed by atoms with Gasteiger partial charge in [0.1, 0.15) is 11.9 Å². The summed E-state index contributed by atoms with van der Waals surface area (Å²) in [4.78, 5) is 33.7. The van der Waals surface area contributed by atoms with Crippen LogP contribution >= 0.6 is 0 Å². The van der Waals surface area contributed by atoms with E-state index in [0.29, 0.717) is 37.8 Å². The molecule has 0 radical (unpaired) electrons. The highest BCUT2D eigenvalue weighted by atomic mass is 19.1. The molecule has 0 unspecified atom stereocenters. The van der Waals surface area contributed by atoms with E-state index < -0.39 is 23.8 Å². The SMILES string of the molecule is COC(=O)[C@H]1C(=O)NC(N2CCN(c3ccccc3F)CC2)=N[C@@H]1c1ccccc1. The number of amides is 1. The molecular weight excluding hydrogens is 387 g/mol. The minimum atomic E-state index is -1.04. The van der Waals surface area contributed by atoms with E-state index in [1.165, 1.54) is 13.2 Å². The first-order valence-corrected chi connectivity index (χ1v) is 9.84. The van der Waals surface area contributed by atoms with E-state index >= 15 is 0 Å². The molecule has 2 atom stereocenters. The number of hydrogen-bond donors (Lipinski definition) is 1. The molecule has 7 nitrogen and oxygen atoms in total. The van der Waals surface area contributed by atoms with Gasteiger partial charge in [0, 0.05) is 26.2 Å². The Bertz CT molecular complexity index is 958. The van der Waals surface area contributed by atoms with Crippen molar-refractivity contribution in [3.05, 3.63) is 66.0 Å². The molecule has 0 aromatic heterocycles. The Kier molecular flexibility index (Phi) is 5.65. The third kappa shape index (κ3) is 3.85. The van der Waals surface area contributed by atoms with Crippen molar-refractivity contribution in [2.75, 3.05) is 38.2 Å². The summed E-state index contributed by atoms with van der Waals surface area (Å²) in [5.74, 6) is -1.91. The van der Waals surface area contributed by atoms with Crippen molar-refractivity contribution >= 4 is 23.5 Å². The largest absolute Gasteiger partial charge is 0.468 e. The van der Waals surface area contributed by atoms with Gasteiger partial charge in [-0.1, -0.05) is 42.5 Å². The summed E-state index contributed by atoms with van der Waals surface area (Å²) in [6, 6.07) is 15.3. The number of anilines is 1. The molecule has 0 bridgehead atoms. The maximum atomic E-state index is 14.1. The molecule has 2 aliphatic heterocycles. The van der Waals surface area contributed by atoms with Crippen LogP contribution in [0.1, 0.15) is 11.6 Å². The summed E-state index contributed by atoms with van der Waals surface area (Å²) in [7, 11) is 1.26. The van der Waals surface area contributed by atoms with Gasteiger partial charge in [-0.05, 0) is 17.7 Å². The minimum Gasteiger partial charge on any atom is -0.468 e. The molecule has 30 heavy (non-hydrogen) atoms. The zero-order valence-corrected chi connectivity index (χ0v) is 16.6. The Hall–Kier alpha value is -3.42. The summed E-state index contributed by atoms with van der Waals surface area (Å²) in [6.07, 6.45) is 0. The molecule has 2 aromatic rings. The molecule has 8 heteroatoms. The van der Waals surface area contributed by atoms with Gasteiger partial charge in [-0.2, -0.15) is 0 Å². The first-order valence-electron chi connectivity index (χ1n) is 9.84. The third-order valence-electron chi connectivity index (χ3n) is 5.46. The molecular formula is C22H23FN4O3. The standard InChI is InChI=1S/C22H23FN4O3/c1-30-21(29)18-19(15-7-3-2-4-8-15)24-22(25-20(18)28)27-13-11-26(12-14-27)17-10-6-5-9-16(17)23/h2-10,18-19H,11-14H2,1H3,(H,24,25,28)/t18-,19-/m1/s1. The van der Waals surface area contributed by atoms with Gasteiger partial charge in [0.25, 0.3) is 0 Å². The highest BCUT2D eigenvalue weighted by Gasteiger charge is 2.42. The predicted molar refractivity (Wildman–Crippen MR) is 110 cm³/mol. The first-order chi connectivity index (χ1) is 14.6. The molecule has 0 aliphatic carbocycles. The van der Waals surface area contributed by atoms with E-state index in [2.05, 4.69) is 5.32 Å². The molecule has 1 saturated heterocycles. The van der Waals surface area contributed by atoms with Gasteiger partial charge in [-0.15, -0.1) is 0 Å². The first kappa shape index (κ1) is 19.9. The molecule has 0 saturated carbocycles. The van der Waals surface area contributed by atoms with Gasteiger partial charge in [-0.25, -0.2) is 9.38 Å². The highest BCUT2D eigenvalue weighted by Crippen LogP contribution is 2.31. The Morgan fingerprint density at radius 1 is 1.03 bits per heavy atom. The van der Waals surface area contributed by atoms with Crippen LogP contribution in [0.25, 0.3) is 0 Å². The molecule has 2 aromatic carbocycles. The van der Waals surface area contributed by atoms with Crippen molar-refractivity contribution in [2.24, 2.45) is 10.9 Å². The van der Waals surface area contributed by atoms with Crippen LogP contribution in [0.5, 0.6) is 0 Å². The average molecular weight is 410 g/mol. The van der Waals surface area contributed by atoms with Gasteiger partial charge in [-0.3, -0.25) is 14.9 Å². The second kappa shape index (κ2) is 8.52. The highest BCUT2D eigenvalue weighted by molar-refractivity contribution is 6.08. The number of nitrogens with zero attached hydrogens (tertiary/aromatic N) is 3. The monoisotopic (exact) mass is 410 g/mol. The number of para-hydroxylation sites is 1. The number of halogens is 1. The summed E-state index contributed by atoms with van der Waals surface area (Å²) in [5, 5.41) is 2.76. The van der Waals surface area contributed by atoms with Crippen molar-refractivity contribution in [1.29, 1.82) is 0 Å².